The molecule has 1 aromatic heterocycles. The summed E-state index contributed by atoms with van der Waals surface area (Å²) in [7, 11) is 4.60. The number of carbonyl (C=O) groups is 1. The molecule has 7 heteroatoms. The summed E-state index contributed by atoms with van der Waals surface area (Å²) >= 11 is 0. The van der Waals surface area contributed by atoms with Crippen molar-refractivity contribution in [3.8, 4) is 5.69 Å². The van der Waals surface area contributed by atoms with Crippen LogP contribution in [0.15, 0.2) is 48.7 Å². The number of benzene rings is 2. The van der Waals surface area contributed by atoms with Gasteiger partial charge in [0.05, 0.1) is 11.3 Å². The first-order valence-corrected chi connectivity index (χ1v) is 9.11. The maximum atomic E-state index is 11.6. The van der Waals surface area contributed by atoms with Crippen molar-refractivity contribution < 1.29 is 4.79 Å². The van der Waals surface area contributed by atoms with Gasteiger partial charge in [-0.3, -0.25) is 4.79 Å². The number of hydrogen-bond acceptors (Lipinski definition) is 3. The van der Waals surface area contributed by atoms with E-state index in [9.17, 15) is 4.79 Å². The van der Waals surface area contributed by atoms with Gasteiger partial charge in [0.1, 0.15) is 21.2 Å². The summed E-state index contributed by atoms with van der Waals surface area (Å²) in [5.41, 5.74) is 8.87. The zero-order valence-electron chi connectivity index (χ0n) is 15.2. The van der Waals surface area contributed by atoms with E-state index in [0.717, 1.165) is 17.6 Å². The maximum absolute atomic E-state index is 11.6. The minimum Gasteiger partial charge on any atom is -0.366 e. The van der Waals surface area contributed by atoms with E-state index >= 15 is 0 Å². The molecule has 2 atom stereocenters. The van der Waals surface area contributed by atoms with Gasteiger partial charge in [0, 0.05) is 11.6 Å². The second-order valence-corrected chi connectivity index (χ2v) is 7.43. The van der Waals surface area contributed by atoms with E-state index in [-0.39, 0.29) is 5.31 Å². The fraction of sp³-hybridized carbons (Fsp3) is 0.263. The normalized spacial score (nSPS) is 23.2. The van der Waals surface area contributed by atoms with Crippen molar-refractivity contribution in [1.29, 1.82) is 0 Å². The Hall–Kier alpha value is -2.53. The Morgan fingerprint density at radius 1 is 1.27 bits per heavy atom. The average Bonchev–Trinajstić information content (AvgIpc) is 3.08. The molecule has 26 heavy (non-hydrogen) atoms. The third-order valence-electron chi connectivity index (χ3n) is 5.87. The Bertz CT molecular complexity index is 969. The Labute approximate surface area is 154 Å². The van der Waals surface area contributed by atoms with Crippen LogP contribution in [0.25, 0.3) is 16.6 Å². The average molecular weight is 344 g/mol. The standard InChI is InChI=1S/C19H22B2N4O/c20-18-19(21,9-2-10-23-18)13-5-7-14(8-6-13)25-11-12-3-1-4-15(17(22)26)16(12)24-25/h1,3-8,11,18,23H,2,9-10,20-21H2,(H2,22,26). The maximum Gasteiger partial charge on any atom is 0.250 e. The molecule has 0 bridgehead atoms. The topological polar surface area (TPSA) is 72.9 Å². The lowest BCUT2D eigenvalue weighted by Gasteiger charge is -2.41. The lowest BCUT2D eigenvalue weighted by molar-refractivity contribution is 0.100. The molecular formula is C19H22B2N4O. The number of amides is 1. The molecule has 5 nitrogen and oxygen atoms in total. The number of primary amides is 1. The minimum absolute atomic E-state index is 0.144. The van der Waals surface area contributed by atoms with E-state index in [1.165, 1.54) is 18.4 Å². The molecule has 4 rings (SSSR count). The van der Waals surface area contributed by atoms with Crippen molar-refractivity contribution in [2.75, 3.05) is 6.54 Å². The highest BCUT2D eigenvalue weighted by Gasteiger charge is 2.34. The van der Waals surface area contributed by atoms with Gasteiger partial charge in [0.2, 0.25) is 0 Å². The fourth-order valence-electron chi connectivity index (χ4n) is 3.98. The second-order valence-electron chi connectivity index (χ2n) is 7.43. The third-order valence-corrected chi connectivity index (χ3v) is 5.87. The highest BCUT2D eigenvalue weighted by atomic mass is 16.1. The predicted octanol–water partition coefficient (Wildman–Crippen LogP) is 0.295. The lowest BCUT2D eigenvalue weighted by Crippen LogP contribution is -2.53. The van der Waals surface area contributed by atoms with Crippen LogP contribution in [0.3, 0.4) is 0 Å². The van der Waals surface area contributed by atoms with E-state index < -0.39 is 5.91 Å². The highest BCUT2D eigenvalue weighted by Crippen LogP contribution is 2.32. The number of aromatic nitrogens is 2. The van der Waals surface area contributed by atoms with Gasteiger partial charge in [-0.05, 0) is 54.4 Å². The monoisotopic (exact) mass is 344 g/mol. The van der Waals surface area contributed by atoms with Gasteiger partial charge < -0.3 is 11.1 Å². The van der Waals surface area contributed by atoms with Crippen LogP contribution in [0.4, 0.5) is 0 Å². The zero-order valence-corrected chi connectivity index (χ0v) is 15.2. The van der Waals surface area contributed by atoms with Crippen molar-refractivity contribution in [2.45, 2.75) is 24.1 Å². The molecule has 1 aliphatic heterocycles. The van der Waals surface area contributed by atoms with Crippen LogP contribution in [0.1, 0.15) is 28.8 Å². The quantitative estimate of drug-likeness (QED) is 0.671. The first kappa shape index (κ1) is 16.9. The predicted molar refractivity (Wildman–Crippen MR) is 109 cm³/mol. The molecule has 1 saturated heterocycles. The summed E-state index contributed by atoms with van der Waals surface area (Å²) in [5.74, 6) is -0.00424. The molecule has 0 aliphatic carbocycles. The Morgan fingerprint density at radius 3 is 2.73 bits per heavy atom. The summed E-state index contributed by atoms with van der Waals surface area (Å²) < 4.78 is 1.81. The number of hydrogen-bond donors (Lipinski definition) is 2. The smallest absolute Gasteiger partial charge is 0.250 e. The summed E-state index contributed by atoms with van der Waals surface area (Å²) in [6.07, 6.45) is 4.32. The summed E-state index contributed by atoms with van der Waals surface area (Å²) in [6, 6.07) is 14.1. The Morgan fingerprint density at radius 2 is 2.04 bits per heavy atom. The van der Waals surface area contributed by atoms with Crippen LogP contribution in [0.2, 0.25) is 0 Å². The van der Waals surface area contributed by atoms with Crippen molar-refractivity contribution in [3.05, 3.63) is 59.8 Å². The first-order valence-electron chi connectivity index (χ1n) is 9.11. The van der Waals surface area contributed by atoms with Crippen LogP contribution < -0.4 is 11.1 Å². The number of nitrogens with zero attached hydrogens (tertiary/aromatic N) is 2. The Balaban J connectivity index is 1.70. The van der Waals surface area contributed by atoms with Gasteiger partial charge in [-0.25, -0.2) is 4.68 Å². The van der Waals surface area contributed by atoms with E-state index in [1.54, 1.807) is 6.07 Å². The molecule has 1 aliphatic rings. The summed E-state index contributed by atoms with van der Waals surface area (Å²) in [5, 5.41) is 9.22. The lowest BCUT2D eigenvalue weighted by atomic mass is 9.51. The van der Waals surface area contributed by atoms with Gasteiger partial charge >= 0.3 is 0 Å². The van der Waals surface area contributed by atoms with Crippen LogP contribution in [-0.2, 0) is 5.31 Å². The van der Waals surface area contributed by atoms with E-state index in [0.29, 0.717) is 17.0 Å². The molecule has 3 N–H and O–H groups in total. The van der Waals surface area contributed by atoms with E-state index in [4.69, 9.17) is 5.73 Å². The molecule has 2 aromatic carbocycles. The Kier molecular flexibility index (Phi) is 4.11. The third kappa shape index (κ3) is 2.72. The van der Waals surface area contributed by atoms with Gasteiger partial charge in [-0.1, -0.05) is 24.3 Å². The minimum atomic E-state index is -0.456. The molecule has 1 fully saturated rings. The van der Waals surface area contributed by atoms with Crippen LogP contribution in [0.5, 0.6) is 0 Å². The van der Waals surface area contributed by atoms with Crippen molar-refractivity contribution in [1.82, 2.24) is 15.1 Å². The SMILES string of the molecule is BC1NCCCC1(B)c1ccc(-n2cc3cccc(C(N)=O)c3n2)cc1. The summed E-state index contributed by atoms with van der Waals surface area (Å²) in [6.45, 7) is 1.09. The molecule has 0 spiro atoms. The molecule has 0 radical (unpaired) electrons. The van der Waals surface area contributed by atoms with Gasteiger partial charge in [-0.15, -0.1) is 0 Å². The van der Waals surface area contributed by atoms with Gasteiger partial charge in [0.15, 0.2) is 0 Å². The number of rotatable bonds is 3. The summed E-state index contributed by atoms with van der Waals surface area (Å²) in [4.78, 5) is 11.6. The van der Waals surface area contributed by atoms with Crippen molar-refractivity contribution in [3.63, 3.8) is 0 Å². The van der Waals surface area contributed by atoms with E-state index in [2.05, 4.69) is 50.4 Å². The fourth-order valence-corrected chi connectivity index (χ4v) is 3.98. The molecule has 130 valence electrons. The number of carbonyl (C=O) groups excluding carboxylic acids is 1. The molecule has 0 saturated carbocycles. The van der Waals surface area contributed by atoms with Crippen LogP contribution >= 0.6 is 0 Å². The van der Waals surface area contributed by atoms with Crippen molar-refractivity contribution >= 4 is 32.5 Å². The largest absolute Gasteiger partial charge is 0.366 e. The number of fused-ring (bicyclic) bond motifs is 1. The highest BCUT2D eigenvalue weighted by molar-refractivity contribution is 6.24. The van der Waals surface area contributed by atoms with Crippen molar-refractivity contribution in [2.24, 2.45) is 5.73 Å². The molecule has 2 heterocycles. The number of nitrogens with two attached hydrogens (primary N) is 1. The van der Waals surface area contributed by atoms with E-state index in [1.807, 2.05) is 23.0 Å². The number of nitrogens with one attached hydrogen (secondary N) is 1. The van der Waals surface area contributed by atoms with Gasteiger partial charge in [0.25, 0.3) is 5.91 Å². The second kappa shape index (κ2) is 6.32. The van der Waals surface area contributed by atoms with Crippen LogP contribution in [0, 0.1) is 0 Å². The zero-order chi connectivity index (χ0) is 18.3. The first-order chi connectivity index (χ1) is 12.5. The molecule has 2 unspecified atom stereocenters. The number of piperidine rings is 1. The molecule has 1 amide bonds. The molecular weight excluding hydrogens is 322 g/mol. The molecule has 3 aromatic rings. The van der Waals surface area contributed by atoms with Crippen LogP contribution in [-0.4, -0.2) is 43.9 Å². The van der Waals surface area contributed by atoms with Gasteiger partial charge in [-0.2, -0.15) is 5.10 Å².